The molecular formula is C12H10N2O3S. The second-order valence-electron chi connectivity index (χ2n) is 3.73. The zero-order valence-electron chi connectivity index (χ0n) is 9.38. The maximum absolute atomic E-state index is 11.8. The monoisotopic (exact) mass is 262 g/mol. The highest BCUT2D eigenvalue weighted by Crippen LogP contribution is 2.13. The van der Waals surface area contributed by atoms with Crippen LogP contribution in [0, 0.1) is 0 Å². The predicted molar refractivity (Wildman–Crippen MR) is 68.0 cm³/mol. The van der Waals surface area contributed by atoms with Crippen LogP contribution in [0.1, 0.15) is 16.8 Å². The van der Waals surface area contributed by atoms with Gasteiger partial charge in [-0.05, 0) is 36.5 Å². The lowest BCUT2D eigenvalue weighted by Crippen LogP contribution is -2.37. The van der Waals surface area contributed by atoms with Crippen LogP contribution < -0.4 is 5.32 Å². The highest BCUT2D eigenvalue weighted by Gasteiger charge is 2.28. The second kappa shape index (κ2) is 5.53. The van der Waals surface area contributed by atoms with E-state index < -0.39 is 6.04 Å². The third kappa shape index (κ3) is 2.80. The SMILES string of the molecule is O=C(N[C@@H]1CCOC1=O)c1ccc(N=C=S)cc1. The molecule has 6 heteroatoms. The number of nitrogens with zero attached hydrogens (tertiary/aromatic N) is 1. The molecule has 0 radical (unpaired) electrons. The summed E-state index contributed by atoms with van der Waals surface area (Å²) in [5, 5.41) is 4.86. The van der Waals surface area contributed by atoms with Crippen molar-refractivity contribution in [2.75, 3.05) is 6.61 Å². The molecule has 5 nitrogen and oxygen atoms in total. The number of nitrogens with one attached hydrogen (secondary N) is 1. The Balaban J connectivity index is 2.04. The molecule has 1 heterocycles. The minimum absolute atomic E-state index is 0.309. The lowest BCUT2D eigenvalue weighted by atomic mass is 10.1. The molecule has 1 aliphatic rings. The van der Waals surface area contributed by atoms with Gasteiger partial charge in [0.1, 0.15) is 6.04 Å². The first-order valence-corrected chi connectivity index (χ1v) is 5.77. The summed E-state index contributed by atoms with van der Waals surface area (Å²) in [6.45, 7) is 0.353. The van der Waals surface area contributed by atoms with Gasteiger partial charge in [0.2, 0.25) is 0 Å². The Hall–Kier alpha value is -2.04. The molecule has 1 aromatic carbocycles. The topological polar surface area (TPSA) is 67.8 Å². The summed E-state index contributed by atoms with van der Waals surface area (Å²) in [4.78, 5) is 26.8. The number of carbonyl (C=O) groups excluding carboxylic acids is 2. The first-order valence-electron chi connectivity index (χ1n) is 5.36. The minimum Gasteiger partial charge on any atom is -0.464 e. The van der Waals surface area contributed by atoms with Crippen molar-refractivity contribution in [2.45, 2.75) is 12.5 Å². The van der Waals surface area contributed by atoms with E-state index in [0.717, 1.165) is 0 Å². The lowest BCUT2D eigenvalue weighted by Gasteiger charge is -2.08. The van der Waals surface area contributed by atoms with E-state index in [1.165, 1.54) is 0 Å². The van der Waals surface area contributed by atoms with Gasteiger partial charge in [0, 0.05) is 12.0 Å². The van der Waals surface area contributed by atoms with Crippen molar-refractivity contribution in [2.24, 2.45) is 4.99 Å². The Morgan fingerprint density at radius 1 is 1.44 bits per heavy atom. The molecule has 0 bridgehead atoms. The van der Waals surface area contributed by atoms with Crippen LogP contribution in [0.4, 0.5) is 5.69 Å². The summed E-state index contributed by atoms with van der Waals surface area (Å²) in [5.74, 6) is -0.693. The minimum atomic E-state index is -0.545. The van der Waals surface area contributed by atoms with Crippen LogP contribution in [-0.2, 0) is 9.53 Å². The standard InChI is InChI=1S/C12H10N2O3S/c15-11(14-10-5-6-17-12(10)16)8-1-3-9(4-2-8)13-7-18/h1-4,10H,5-6H2,(H,14,15)/t10-/m1/s1. The third-order valence-electron chi connectivity index (χ3n) is 2.54. The molecular weight excluding hydrogens is 252 g/mol. The van der Waals surface area contributed by atoms with Crippen molar-refractivity contribution >= 4 is 34.9 Å². The van der Waals surface area contributed by atoms with Crippen LogP contribution in [0.3, 0.4) is 0 Å². The predicted octanol–water partition coefficient (Wildman–Crippen LogP) is 1.47. The molecule has 0 aliphatic carbocycles. The summed E-state index contributed by atoms with van der Waals surface area (Å²) >= 11 is 4.48. The molecule has 1 amide bonds. The molecule has 1 saturated heterocycles. The highest BCUT2D eigenvalue weighted by atomic mass is 32.1. The van der Waals surface area contributed by atoms with Gasteiger partial charge in [-0.1, -0.05) is 0 Å². The lowest BCUT2D eigenvalue weighted by molar-refractivity contribution is -0.139. The number of aliphatic imine (C=N–C) groups is 1. The van der Waals surface area contributed by atoms with Crippen molar-refractivity contribution < 1.29 is 14.3 Å². The van der Waals surface area contributed by atoms with Crippen LogP contribution in [0.5, 0.6) is 0 Å². The molecule has 18 heavy (non-hydrogen) atoms. The summed E-state index contributed by atoms with van der Waals surface area (Å²) in [5.41, 5.74) is 1.08. The Morgan fingerprint density at radius 3 is 2.72 bits per heavy atom. The number of ether oxygens (including phenoxy) is 1. The molecule has 92 valence electrons. The zero-order chi connectivity index (χ0) is 13.0. The smallest absolute Gasteiger partial charge is 0.328 e. The Bertz CT molecular complexity index is 521. The van der Waals surface area contributed by atoms with Gasteiger partial charge in [0.05, 0.1) is 17.5 Å². The summed E-state index contributed by atoms with van der Waals surface area (Å²) in [6.07, 6.45) is 0.512. The van der Waals surface area contributed by atoms with E-state index in [0.29, 0.717) is 24.3 Å². The maximum Gasteiger partial charge on any atom is 0.328 e. The van der Waals surface area contributed by atoms with Gasteiger partial charge in [-0.3, -0.25) is 4.79 Å². The van der Waals surface area contributed by atoms with Gasteiger partial charge in [-0.25, -0.2) is 4.79 Å². The molecule has 0 saturated carbocycles. The van der Waals surface area contributed by atoms with E-state index in [1.807, 2.05) is 0 Å². The first-order chi connectivity index (χ1) is 8.70. The molecule has 0 unspecified atom stereocenters. The van der Waals surface area contributed by atoms with Gasteiger partial charge in [-0.2, -0.15) is 4.99 Å². The quantitative estimate of drug-likeness (QED) is 0.509. The van der Waals surface area contributed by atoms with Gasteiger partial charge in [0.15, 0.2) is 0 Å². The van der Waals surface area contributed by atoms with E-state index in [9.17, 15) is 9.59 Å². The third-order valence-corrected chi connectivity index (χ3v) is 2.64. The van der Waals surface area contributed by atoms with Crippen LogP contribution in [-0.4, -0.2) is 29.7 Å². The summed E-state index contributed by atoms with van der Waals surface area (Å²) in [7, 11) is 0. The number of esters is 1. The van der Waals surface area contributed by atoms with Gasteiger partial charge in [-0.15, -0.1) is 0 Å². The number of cyclic esters (lactones) is 1. The summed E-state index contributed by atoms with van der Waals surface area (Å²) in [6, 6.07) is 5.99. The highest BCUT2D eigenvalue weighted by molar-refractivity contribution is 7.78. The molecule has 1 N–H and O–H groups in total. The van der Waals surface area contributed by atoms with Crippen molar-refractivity contribution in [3.05, 3.63) is 29.8 Å². The van der Waals surface area contributed by atoms with Crippen molar-refractivity contribution in [3.63, 3.8) is 0 Å². The second-order valence-corrected chi connectivity index (χ2v) is 3.91. The van der Waals surface area contributed by atoms with Crippen molar-refractivity contribution in [3.8, 4) is 0 Å². The number of carbonyl (C=O) groups is 2. The Labute approximate surface area is 109 Å². The largest absolute Gasteiger partial charge is 0.464 e. The number of rotatable bonds is 3. The van der Waals surface area contributed by atoms with Crippen LogP contribution in [0.25, 0.3) is 0 Å². The van der Waals surface area contributed by atoms with Crippen molar-refractivity contribution in [1.29, 1.82) is 0 Å². The molecule has 0 spiro atoms. The molecule has 1 fully saturated rings. The molecule has 0 aromatic heterocycles. The van der Waals surface area contributed by atoms with Gasteiger partial charge < -0.3 is 10.1 Å². The number of hydrogen-bond donors (Lipinski definition) is 1. The number of hydrogen-bond acceptors (Lipinski definition) is 5. The average molecular weight is 262 g/mol. The summed E-state index contributed by atoms with van der Waals surface area (Å²) < 4.78 is 4.76. The maximum atomic E-state index is 11.8. The number of thiocarbonyl (C=S) groups is 1. The van der Waals surface area contributed by atoms with Crippen LogP contribution >= 0.6 is 12.2 Å². The Kier molecular flexibility index (Phi) is 3.82. The number of isothiocyanates is 1. The van der Waals surface area contributed by atoms with Gasteiger partial charge in [0.25, 0.3) is 5.91 Å². The fourth-order valence-electron chi connectivity index (χ4n) is 1.61. The van der Waals surface area contributed by atoms with E-state index >= 15 is 0 Å². The van der Waals surface area contributed by atoms with E-state index in [2.05, 4.69) is 27.7 Å². The molecule has 1 aliphatic heterocycles. The van der Waals surface area contributed by atoms with Crippen LogP contribution in [0.2, 0.25) is 0 Å². The van der Waals surface area contributed by atoms with Crippen molar-refractivity contribution in [1.82, 2.24) is 5.32 Å². The molecule has 1 aromatic rings. The first kappa shape index (κ1) is 12.4. The van der Waals surface area contributed by atoms with E-state index in [4.69, 9.17) is 4.74 Å². The van der Waals surface area contributed by atoms with Crippen LogP contribution in [0.15, 0.2) is 29.3 Å². The van der Waals surface area contributed by atoms with Gasteiger partial charge >= 0.3 is 5.97 Å². The van der Waals surface area contributed by atoms with E-state index in [-0.39, 0.29) is 11.9 Å². The fourth-order valence-corrected chi connectivity index (χ4v) is 1.71. The molecule has 1 atom stereocenters. The Morgan fingerprint density at radius 2 is 2.17 bits per heavy atom. The van der Waals surface area contributed by atoms with E-state index in [1.54, 1.807) is 24.3 Å². The fraction of sp³-hybridized carbons (Fsp3) is 0.250. The number of benzene rings is 1. The average Bonchev–Trinajstić information content (AvgIpc) is 2.76. The molecule has 2 rings (SSSR count). The zero-order valence-corrected chi connectivity index (χ0v) is 10.2. The number of amides is 1. The normalized spacial score (nSPS) is 17.8.